The number of nitrogens with two attached hydrogens (primary N) is 1. The fraction of sp³-hybridized carbons (Fsp3) is 0.889. The van der Waals surface area contributed by atoms with Crippen molar-refractivity contribution in [1.29, 1.82) is 0 Å². The van der Waals surface area contributed by atoms with E-state index < -0.39 is 5.54 Å². The molecular formula is C9H18N2O. The van der Waals surface area contributed by atoms with E-state index in [4.69, 9.17) is 5.73 Å². The van der Waals surface area contributed by atoms with Crippen LogP contribution in [0.4, 0.5) is 0 Å². The van der Waals surface area contributed by atoms with Gasteiger partial charge in [0.2, 0.25) is 5.91 Å². The first-order valence-corrected chi connectivity index (χ1v) is 4.41. The summed E-state index contributed by atoms with van der Waals surface area (Å²) in [6, 6.07) is 0. The van der Waals surface area contributed by atoms with Crippen LogP contribution in [0.2, 0.25) is 0 Å². The topological polar surface area (TPSA) is 55.1 Å². The second-order valence-electron chi connectivity index (χ2n) is 4.72. The average molecular weight is 170 g/mol. The number of amides is 1. The number of nitrogens with one attached hydrogen (secondary N) is 1. The van der Waals surface area contributed by atoms with Crippen LogP contribution in [0.25, 0.3) is 0 Å². The van der Waals surface area contributed by atoms with Crippen molar-refractivity contribution in [2.45, 2.75) is 39.2 Å². The number of carbonyl (C=O) groups is 1. The van der Waals surface area contributed by atoms with Gasteiger partial charge in [-0.05, 0) is 32.1 Å². The molecule has 0 saturated heterocycles. The molecular weight excluding hydrogens is 152 g/mol. The van der Waals surface area contributed by atoms with E-state index in [2.05, 4.69) is 12.2 Å². The number of rotatable bonds is 3. The van der Waals surface area contributed by atoms with Crippen LogP contribution in [0.15, 0.2) is 0 Å². The minimum Gasteiger partial charge on any atom is -0.354 e. The Balaban J connectivity index is 2.28. The molecule has 0 aromatic rings. The van der Waals surface area contributed by atoms with E-state index in [1.165, 1.54) is 12.8 Å². The Hall–Kier alpha value is -0.570. The molecule has 0 spiro atoms. The summed E-state index contributed by atoms with van der Waals surface area (Å²) in [5.41, 5.74) is 5.23. The standard InChI is InChI=1S/C9H18N2O/c1-8(2,10)7(12)11-6-9(3)4-5-9/h4-6,10H2,1-3H3,(H,11,12). The molecule has 1 amide bonds. The summed E-state index contributed by atoms with van der Waals surface area (Å²) in [6.07, 6.45) is 2.44. The highest BCUT2D eigenvalue weighted by Gasteiger charge is 2.38. The summed E-state index contributed by atoms with van der Waals surface area (Å²) >= 11 is 0. The van der Waals surface area contributed by atoms with Crippen molar-refractivity contribution in [2.24, 2.45) is 11.1 Å². The van der Waals surface area contributed by atoms with Gasteiger partial charge in [-0.2, -0.15) is 0 Å². The molecule has 0 radical (unpaired) electrons. The minimum atomic E-state index is -0.745. The first kappa shape index (κ1) is 9.52. The third-order valence-electron chi connectivity index (χ3n) is 2.36. The zero-order valence-corrected chi connectivity index (χ0v) is 8.11. The predicted molar refractivity (Wildman–Crippen MR) is 48.6 cm³/mol. The lowest BCUT2D eigenvalue weighted by atomic mass is 10.1. The molecule has 0 aliphatic heterocycles. The van der Waals surface area contributed by atoms with Crippen molar-refractivity contribution in [2.75, 3.05) is 6.54 Å². The zero-order chi connectivity index (χ0) is 9.41. The summed E-state index contributed by atoms with van der Waals surface area (Å²) in [6.45, 7) is 6.39. The highest BCUT2D eigenvalue weighted by atomic mass is 16.2. The fourth-order valence-electron chi connectivity index (χ4n) is 0.912. The van der Waals surface area contributed by atoms with Crippen molar-refractivity contribution in [1.82, 2.24) is 5.32 Å². The van der Waals surface area contributed by atoms with E-state index in [-0.39, 0.29) is 5.91 Å². The summed E-state index contributed by atoms with van der Waals surface area (Å²) < 4.78 is 0. The first-order valence-electron chi connectivity index (χ1n) is 4.41. The van der Waals surface area contributed by atoms with E-state index in [1.54, 1.807) is 13.8 Å². The molecule has 1 saturated carbocycles. The van der Waals surface area contributed by atoms with Crippen molar-refractivity contribution in [3.63, 3.8) is 0 Å². The quantitative estimate of drug-likeness (QED) is 0.653. The maximum Gasteiger partial charge on any atom is 0.239 e. The molecule has 70 valence electrons. The van der Waals surface area contributed by atoms with E-state index in [0.29, 0.717) is 5.41 Å². The maximum absolute atomic E-state index is 11.3. The Morgan fingerprint density at radius 2 is 2.08 bits per heavy atom. The van der Waals surface area contributed by atoms with Gasteiger partial charge in [-0.1, -0.05) is 6.92 Å². The SMILES string of the molecule is CC1(CNC(=O)C(C)(C)N)CC1. The van der Waals surface area contributed by atoms with Gasteiger partial charge in [0.05, 0.1) is 5.54 Å². The van der Waals surface area contributed by atoms with Crippen molar-refractivity contribution in [3.05, 3.63) is 0 Å². The highest BCUT2D eigenvalue weighted by molar-refractivity contribution is 5.85. The van der Waals surface area contributed by atoms with Crippen LogP contribution in [-0.4, -0.2) is 18.0 Å². The molecule has 1 aliphatic carbocycles. The molecule has 1 rings (SSSR count). The Morgan fingerprint density at radius 1 is 1.58 bits per heavy atom. The number of hydrogen-bond donors (Lipinski definition) is 2. The van der Waals surface area contributed by atoms with E-state index >= 15 is 0 Å². The molecule has 0 aromatic heterocycles. The monoisotopic (exact) mass is 170 g/mol. The largest absolute Gasteiger partial charge is 0.354 e. The normalized spacial score (nSPS) is 20.3. The van der Waals surface area contributed by atoms with Gasteiger partial charge in [0.25, 0.3) is 0 Å². The Bertz CT molecular complexity index is 189. The Kier molecular flexibility index (Phi) is 2.17. The van der Waals surface area contributed by atoms with E-state index in [0.717, 1.165) is 6.54 Å². The van der Waals surface area contributed by atoms with Gasteiger partial charge in [-0.25, -0.2) is 0 Å². The van der Waals surface area contributed by atoms with Gasteiger partial charge >= 0.3 is 0 Å². The summed E-state index contributed by atoms with van der Waals surface area (Å²) in [7, 11) is 0. The molecule has 0 bridgehead atoms. The van der Waals surface area contributed by atoms with Crippen LogP contribution in [0.5, 0.6) is 0 Å². The van der Waals surface area contributed by atoms with Crippen molar-refractivity contribution in [3.8, 4) is 0 Å². The second-order valence-corrected chi connectivity index (χ2v) is 4.72. The van der Waals surface area contributed by atoms with Crippen molar-refractivity contribution < 1.29 is 4.79 Å². The Labute approximate surface area is 73.7 Å². The lowest BCUT2D eigenvalue weighted by Crippen LogP contribution is -2.50. The zero-order valence-electron chi connectivity index (χ0n) is 8.11. The molecule has 12 heavy (non-hydrogen) atoms. The van der Waals surface area contributed by atoms with Gasteiger partial charge in [0.1, 0.15) is 0 Å². The molecule has 0 aromatic carbocycles. The van der Waals surface area contributed by atoms with Gasteiger partial charge in [-0.3, -0.25) is 4.79 Å². The predicted octanol–water partition coefficient (Wildman–Crippen LogP) is 0.640. The van der Waals surface area contributed by atoms with E-state index in [1.807, 2.05) is 0 Å². The molecule has 1 fully saturated rings. The lowest BCUT2D eigenvalue weighted by Gasteiger charge is -2.19. The van der Waals surface area contributed by atoms with Gasteiger partial charge < -0.3 is 11.1 Å². The lowest BCUT2D eigenvalue weighted by molar-refractivity contribution is -0.125. The van der Waals surface area contributed by atoms with Gasteiger partial charge in [0, 0.05) is 6.54 Å². The molecule has 3 N–H and O–H groups in total. The highest BCUT2D eigenvalue weighted by Crippen LogP contribution is 2.44. The van der Waals surface area contributed by atoms with Crippen LogP contribution in [-0.2, 0) is 4.79 Å². The smallest absolute Gasteiger partial charge is 0.239 e. The Morgan fingerprint density at radius 3 is 2.42 bits per heavy atom. The molecule has 0 heterocycles. The average Bonchev–Trinajstić information content (AvgIpc) is 2.62. The molecule has 0 atom stereocenters. The summed E-state index contributed by atoms with van der Waals surface area (Å²) in [4.78, 5) is 11.3. The molecule has 1 aliphatic rings. The van der Waals surface area contributed by atoms with Crippen LogP contribution >= 0.6 is 0 Å². The second kappa shape index (κ2) is 2.73. The molecule has 0 unspecified atom stereocenters. The van der Waals surface area contributed by atoms with Crippen LogP contribution in [0.1, 0.15) is 33.6 Å². The van der Waals surface area contributed by atoms with Crippen LogP contribution in [0.3, 0.4) is 0 Å². The third kappa shape index (κ3) is 2.48. The van der Waals surface area contributed by atoms with Crippen LogP contribution < -0.4 is 11.1 Å². The fourth-order valence-corrected chi connectivity index (χ4v) is 0.912. The van der Waals surface area contributed by atoms with Crippen LogP contribution in [0, 0.1) is 5.41 Å². The molecule has 3 nitrogen and oxygen atoms in total. The molecule has 3 heteroatoms. The van der Waals surface area contributed by atoms with E-state index in [9.17, 15) is 4.79 Å². The minimum absolute atomic E-state index is 0.0596. The first-order chi connectivity index (χ1) is 5.33. The summed E-state index contributed by atoms with van der Waals surface area (Å²) in [5.74, 6) is -0.0596. The third-order valence-corrected chi connectivity index (χ3v) is 2.36. The van der Waals surface area contributed by atoms with Gasteiger partial charge in [-0.15, -0.1) is 0 Å². The number of hydrogen-bond acceptors (Lipinski definition) is 2. The van der Waals surface area contributed by atoms with Gasteiger partial charge in [0.15, 0.2) is 0 Å². The van der Waals surface area contributed by atoms with Crippen molar-refractivity contribution >= 4 is 5.91 Å². The number of carbonyl (C=O) groups excluding carboxylic acids is 1. The summed E-state index contributed by atoms with van der Waals surface area (Å²) in [5, 5.41) is 2.86. The maximum atomic E-state index is 11.3.